The molecule has 8 heteroatoms. The van der Waals surface area contributed by atoms with E-state index in [9.17, 15) is 14.4 Å². The van der Waals surface area contributed by atoms with Crippen LogP contribution < -0.4 is 10.1 Å². The summed E-state index contributed by atoms with van der Waals surface area (Å²) in [5.74, 6) is -0.314. The number of amides is 1. The van der Waals surface area contributed by atoms with Gasteiger partial charge in [0.2, 0.25) is 5.91 Å². The summed E-state index contributed by atoms with van der Waals surface area (Å²) in [5, 5.41) is 3.00. The zero-order valence-corrected chi connectivity index (χ0v) is 17.4. The Morgan fingerprint density at radius 3 is 2.79 bits per heavy atom. The van der Waals surface area contributed by atoms with E-state index in [0.29, 0.717) is 30.0 Å². The highest BCUT2D eigenvalue weighted by molar-refractivity contribution is 9.10. The van der Waals surface area contributed by atoms with Crippen LogP contribution in [0.25, 0.3) is 0 Å². The number of ether oxygens (including phenoxy) is 2. The van der Waals surface area contributed by atoms with Gasteiger partial charge >= 0.3 is 5.97 Å². The first-order valence-electron chi connectivity index (χ1n) is 8.84. The number of Topliss-reactive ketones (excluding diaryl/α,β-unsaturated/α-hetero) is 1. The molecule has 1 aliphatic rings. The Balaban J connectivity index is 1.83. The van der Waals surface area contributed by atoms with Crippen LogP contribution in [0, 0.1) is 6.92 Å². The molecule has 2 aromatic rings. The van der Waals surface area contributed by atoms with Crippen molar-refractivity contribution in [3.8, 4) is 5.75 Å². The molecule has 7 nitrogen and oxygen atoms in total. The highest BCUT2D eigenvalue weighted by Crippen LogP contribution is 2.34. The van der Waals surface area contributed by atoms with Crippen molar-refractivity contribution in [3.63, 3.8) is 0 Å². The Bertz CT molecular complexity index is 950. The molecule has 0 saturated carbocycles. The molecular weight excluding hydrogens is 428 g/mol. The maximum absolute atomic E-state index is 12.7. The van der Waals surface area contributed by atoms with Gasteiger partial charge < -0.3 is 19.8 Å². The summed E-state index contributed by atoms with van der Waals surface area (Å²) in [6.07, 6.45) is 0.570. The van der Waals surface area contributed by atoms with Crippen molar-refractivity contribution in [3.05, 3.63) is 50.8 Å². The smallest absolute Gasteiger partial charge is 0.339 e. The Hall–Kier alpha value is -2.61. The summed E-state index contributed by atoms with van der Waals surface area (Å²) in [6, 6.07) is 5.47. The molecule has 1 aliphatic heterocycles. The summed E-state index contributed by atoms with van der Waals surface area (Å²) in [5.41, 5.74) is 2.30. The fourth-order valence-electron chi connectivity index (χ4n) is 3.44. The number of nitrogens with one attached hydrogen (secondary N) is 2. The first-order chi connectivity index (χ1) is 13.3. The number of methoxy groups -OCH3 is 1. The average Bonchev–Trinajstić information content (AvgIpc) is 2.97. The summed E-state index contributed by atoms with van der Waals surface area (Å²) < 4.78 is 11.4. The molecule has 0 spiro atoms. The molecule has 0 fully saturated rings. The van der Waals surface area contributed by atoms with Gasteiger partial charge in [-0.3, -0.25) is 9.59 Å². The van der Waals surface area contributed by atoms with E-state index in [-0.39, 0.29) is 29.7 Å². The van der Waals surface area contributed by atoms with Gasteiger partial charge in [-0.25, -0.2) is 4.79 Å². The molecule has 0 radical (unpaired) electrons. The van der Waals surface area contributed by atoms with Crippen LogP contribution in [0.2, 0.25) is 0 Å². The number of fused-ring (bicyclic) bond motifs is 1. The normalized spacial score (nSPS) is 15.4. The number of esters is 1. The molecule has 28 heavy (non-hydrogen) atoms. The number of halogens is 1. The van der Waals surface area contributed by atoms with E-state index in [4.69, 9.17) is 9.47 Å². The number of H-pyrrole nitrogens is 1. The minimum Gasteiger partial charge on any atom is -0.493 e. The van der Waals surface area contributed by atoms with E-state index in [2.05, 4.69) is 26.2 Å². The molecule has 0 saturated heterocycles. The minimum atomic E-state index is -0.579. The van der Waals surface area contributed by atoms with Gasteiger partial charge in [0.25, 0.3) is 0 Å². The third-order valence-electron chi connectivity index (χ3n) is 4.75. The van der Waals surface area contributed by atoms with Crippen LogP contribution in [-0.4, -0.2) is 36.4 Å². The fourth-order valence-corrected chi connectivity index (χ4v) is 3.82. The third kappa shape index (κ3) is 3.96. The van der Waals surface area contributed by atoms with Gasteiger partial charge in [-0.1, -0.05) is 15.9 Å². The summed E-state index contributed by atoms with van der Waals surface area (Å²) in [7, 11) is 1.27. The Kier molecular flexibility index (Phi) is 5.88. The number of benzene rings is 1. The lowest BCUT2D eigenvalue weighted by Gasteiger charge is -2.27. The van der Waals surface area contributed by atoms with Crippen molar-refractivity contribution < 1.29 is 23.9 Å². The second kappa shape index (κ2) is 8.18. The topological polar surface area (TPSA) is 97.5 Å². The zero-order chi connectivity index (χ0) is 20.4. The molecule has 0 aliphatic carbocycles. The van der Waals surface area contributed by atoms with E-state index < -0.39 is 5.97 Å². The highest BCUT2D eigenvalue weighted by Gasteiger charge is 2.27. The number of rotatable bonds is 5. The van der Waals surface area contributed by atoms with E-state index >= 15 is 0 Å². The SMILES string of the molecule is COC(=O)c1c(CC(=O)NC2CCOc3ccc(Br)cc32)[nH]c(C(C)=O)c1C. The monoisotopic (exact) mass is 448 g/mol. The van der Waals surface area contributed by atoms with Crippen LogP contribution in [0.3, 0.4) is 0 Å². The number of carbonyl (C=O) groups excluding carboxylic acids is 3. The predicted octanol–water partition coefficient (Wildman–Crippen LogP) is 3.26. The summed E-state index contributed by atoms with van der Waals surface area (Å²) >= 11 is 3.44. The molecule has 0 bridgehead atoms. The van der Waals surface area contributed by atoms with Crippen molar-refractivity contribution in [2.24, 2.45) is 0 Å². The molecule has 1 aromatic carbocycles. The number of carbonyl (C=O) groups is 3. The lowest BCUT2D eigenvalue weighted by molar-refractivity contribution is -0.121. The van der Waals surface area contributed by atoms with Crippen molar-refractivity contribution >= 4 is 33.6 Å². The Morgan fingerprint density at radius 2 is 2.11 bits per heavy atom. The average molecular weight is 449 g/mol. The lowest BCUT2D eigenvalue weighted by atomic mass is 10.00. The number of hydrogen-bond acceptors (Lipinski definition) is 5. The summed E-state index contributed by atoms with van der Waals surface area (Å²) in [6.45, 7) is 3.57. The predicted molar refractivity (Wildman–Crippen MR) is 106 cm³/mol. The number of hydrogen-bond donors (Lipinski definition) is 2. The molecule has 1 aromatic heterocycles. The molecule has 3 rings (SSSR count). The third-order valence-corrected chi connectivity index (χ3v) is 5.25. The van der Waals surface area contributed by atoms with Crippen molar-refractivity contribution in [2.75, 3.05) is 13.7 Å². The van der Waals surface area contributed by atoms with Gasteiger partial charge in [0.1, 0.15) is 5.75 Å². The first kappa shape index (κ1) is 20.1. The van der Waals surface area contributed by atoms with Crippen LogP contribution in [-0.2, 0) is 16.0 Å². The largest absolute Gasteiger partial charge is 0.493 e. The van der Waals surface area contributed by atoms with Crippen molar-refractivity contribution in [2.45, 2.75) is 32.7 Å². The Morgan fingerprint density at radius 1 is 1.36 bits per heavy atom. The number of ketones is 1. The van der Waals surface area contributed by atoms with Gasteiger partial charge in [-0.05, 0) is 30.7 Å². The second-order valence-corrected chi connectivity index (χ2v) is 7.56. The van der Waals surface area contributed by atoms with Gasteiger partial charge in [0.05, 0.1) is 37.4 Å². The van der Waals surface area contributed by atoms with Gasteiger partial charge in [0.15, 0.2) is 5.78 Å². The maximum Gasteiger partial charge on any atom is 0.339 e. The van der Waals surface area contributed by atoms with Crippen LogP contribution in [0.15, 0.2) is 22.7 Å². The molecule has 1 atom stereocenters. The molecule has 1 unspecified atom stereocenters. The quantitative estimate of drug-likeness (QED) is 0.540. The summed E-state index contributed by atoms with van der Waals surface area (Å²) in [4.78, 5) is 39.6. The molecule has 1 amide bonds. The fraction of sp³-hybridized carbons (Fsp3) is 0.350. The zero-order valence-electron chi connectivity index (χ0n) is 15.8. The van der Waals surface area contributed by atoms with Gasteiger partial charge in [0, 0.05) is 29.1 Å². The molecule has 2 heterocycles. The number of aromatic nitrogens is 1. The lowest BCUT2D eigenvalue weighted by Crippen LogP contribution is -2.33. The van der Waals surface area contributed by atoms with Crippen LogP contribution in [0.5, 0.6) is 5.75 Å². The van der Waals surface area contributed by atoms with Crippen LogP contribution in [0.4, 0.5) is 0 Å². The molecular formula is C20H21BrN2O5. The molecule has 148 valence electrons. The van der Waals surface area contributed by atoms with Gasteiger partial charge in [-0.2, -0.15) is 0 Å². The molecule has 2 N–H and O–H groups in total. The van der Waals surface area contributed by atoms with Crippen LogP contribution >= 0.6 is 15.9 Å². The minimum absolute atomic E-state index is 0.0702. The van der Waals surface area contributed by atoms with Crippen LogP contribution in [0.1, 0.15) is 57.1 Å². The maximum atomic E-state index is 12.7. The Labute approximate surface area is 170 Å². The van der Waals surface area contributed by atoms with E-state index in [1.807, 2.05) is 18.2 Å². The van der Waals surface area contributed by atoms with E-state index in [0.717, 1.165) is 15.8 Å². The standard InChI is InChI=1S/C20H21BrN2O5/c1-10-18(20(26)27-3)15(23-19(10)11(2)24)9-17(25)22-14-6-7-28-16-5-4-12(21)8-13(14)16/h4-5,8,14,23H,6-7,9H2,1-3H3,(H,22,25). The van der Waals surface area contributed by atoms with Crippen molar-refractivity contribution in [1.82, 2.24) is 10.3 Å². The van der Waals surface area contributed by atoms with Crippen molar-refractivity contribution in [1.29, 1.82) is 0 Å². The highest BCUT2D eigenvalue weighted by atomic mass is 79.9. The number of aromatic amines is 1. The van der Waals surface area contributed by atoms with E-state index in [1.165, 1.54) is 14.0 Å². The van der Waals surface area contributed by atoms with E-state index in [1.54, 1.807) is 6.92 Å². The second-order valence-electron chi connectivity index (χ2n) is 6.64. The first-order valence-corrected chi connectivity index (χ1v) is 9.63. The van der Waals surface area contributed by atoms with Gasteiger partial charge in [-0.15, -0.1) is 0 Å².